The average molecular weight is 500 g/mol. The number of hydrogen-bond acceptors (Lipinski definition) is 4. The topological polar surface area (TPSA) is 90.0 Å². The summed E-state index contributed by atoms with van der Waals surface area (Å²) in [6.07, 6.45) is 1.68. The number of aryl methyl sites for hydroxylation is 1. The molecule has 0 amide bonds. The number of fused-ring (bicyclic) bond motifs is 1. The predicted molar refractivity (Wildman–Crippen MR) is 132 cm³/mol. The Morgan fingerprint density at radius 2 is 1.81 bits per heavy atom. The summed E-state index contributed by atoms with van der Waals surface area (Å²) in [5, 5.41) is 0.171. The number of hydrogen-bond donors (Lipinski definition) is 2. The summed E-state index contributed by atoms with van der Waals surface area (Å²) in [6.45, 7) is 2.28. The van der Waals surface area contributed by atoms with Gasteiger partial charge in [0.1, 0.15) is 0 Å². The highest BCUT2D eigenvalue weighted by Gasteiger charge is 2.30. The van der Waals surface area contributed by atoms with Gasteiger partial charge in [-0.1, -0.05) is 24.6 Å². The maximum Gasteiger partial charge on any atom is 0.261 e. The Hall–Kier alpha value is -1.65. The Bertz CT molecular complexity index is 1060. The van der Waals surface area contributed by atoms with E-state index in [1.807, 2.05) is 50.2 Å². The van der Waals surface area contributed by atoms with Crippen LogP contribution in [0.15, 0.2) is 42.5 Å². The van der Waals surface area contributed by atoms with E-state index in [9.17, 15) is 17.2 Å². The van der Waals surface area contributed by atoms with Crippen molar-refractivity contribution in [3.05, 3.63) is 58.6 Å². The zero-order valence-corrected chi connectivity index (χ0v) is 20.9. The minimum Gasteiger partial charge on any atom is -0.378 e. The van der Waals surface area contributed by atoms with Gasteiger partial charge in [0.05, 0.1) is 10.9 Å². The number of sulfonamides is 1. The van der Waals surface area contributed by atoms with Gasteiger partial charge in [-0.15, -0.1) is 0 Å². The number of rotatable bonds is 9. The SMILES string of the molecule is C[C@H](CNS(=O)(=O)C1CCc2cc(Cl)ccc2C1)CN(c1ccc(N(C)C)cc1)S(=O)O. The van der Waals surface area contributed by atoms with Gasteiger partial charge in [0.2, 0.25) is 10.0 Å². The van der Waals surface area contributed by atoms with E-state index in [1.54, 1.807) is 18.2 Å². The second-order valence-electron chi connectivity index (χ2n) is 8.48. The highest BCUT2D eigenvalue weighted by Crippen LogP contribution is 2.28. The van der Waals surface area contributed by atoms with Gasteiger partial charge < -0.3 is 4.90 Å². The van der Waals surface area contributed by atoms with Crippen LogP contribution in [0.25, 0.3) is 0 Å². The lowest BCUT2D eigenvalue weighted by Crippen LogP contribution is -2.41. The van der Waals surface area contributed by atoms with Crippen LogP contribution in [0, 0.1) is 5.92 Å². The molecule has 0 saturated heterocycles. The first kappa shape index (κ1) is 25.0. The summed E-state index contributed by atoms with van der Waals surface area (Å²) in [5.74, 6) is -0.177. The lowest BCUT2D eigenvalue weighted by atomic mass is 9.91. The quantitative estimate of drug-likeness (QED) is 0.516. The third-order valence-electron chi connectivity index (χ3n) is 5.74. The van der Waals surface area contributed by atoms with E-state index in [1.165, 1.54) is 4.31 Å². The third kappa shape index (κ3) is 6.23. The average Bonchev–Trinajstić information content (AvgIpc) is 2.75. The molecule has 32 heavy (non-hydrogen) atoms. The molecule has 176 valence electrons. The van der Waals surface area contributed by atoms with Crippen LogP contribution in [-0.4, -0.2) is 49.6 Å². The van der Waals surface area contributed by atoms with E-state index in [-0.39, 0.29) is 19.0 Å². The van der Waals surface area contributed by atoms with Gasteiger partial charge in [0, 0.05) is 37.9 Å². The standard InChI is InChI=1S/C22H30ClN3O4S2/c1-16(15-26(31(27)28)21-9-7-20(8-10-21)25(2)3)14-24-32(29,30)22-11-5-17-12-19(23)6-4-18(17)13-22/h4,6-10,12,16,22,24H,5,11,13-15H2,1-3H3,(H,27,28)/t16-,22?/m1/s1. The summed E-state index contributed by atoms with van der Waals surface area (Å²) in [5.41, 5.74) is 3.72. The molecule has 10 heteroatoms. The molecule has 2 aromatic carbocycles. The molecule has 2 aromatic rings. The fraction of sp³-hybridized carbons (Fsp3) is 0.455. The number of nitrogens with one attached hydrogen (secondary N) is 1. The summed E-state index contributed by atoms with van der Waals surface area (Å²) < 4.78 is 51.6. The van der Waals surface area contributed by atoms with Crippen molar-refractivity contribution >= 4 is 44.3 Å². The maximum absolute atomic E-state index is 12.9. The summed E-state index contributed by atoms with van der Waals surface area (Å²) in [7, 11) is 0.331. The Morgan fingerprint density at radius 1 is 1.16 bits per heavy atom. The summed E-state index contributed by atoms with van der Waals surface area (Å²) >= 11 is 3.82. The number of benzene rings is 2. The van der Waals surface area contributed by atoms with Gasteiger partial charge in [0.15, 0.2) is 0 Å². The highest BCUT2D eigenvalue weighted by molar-refractivity contribution is 7.90. The molecular weight excluding hydrogens is 470 g/mol. The van der Waals surface area contributed by atoms with Crippen molar-refractivity contribution in [2.75, 3.05) is 36.4 Å². The van der Waals surface area contributed by atoms with Crippen LogP contribution in [0.2, 0.25) is 5.02 Å². The smallest absolute Gasteiger partial charge is 0.261 e. The second kappa shape index (κ2) is 10.5. The highest BCUT2D eigenvalue weighted by atomic mass is 35.5. The molecule has 0 heterocycles. The number of anilines is 2. The van der Waals surface area contributed by atoms with Crippen molar-refractivity contribution in [3.8, 4) is 0 Å². The zero-order valence-electron chi connectivity index (χ0n) is 18.5. The van der Waals surface area contributed by atoms with Gasteiger partial charge in [0.25, 0.3) is 11.3 Å². The molecule has 0 aromatic heterocycles. The monoisotopic (exact) mass is 499 g/mol. The van der Waals surface area contributed by atoms with Gasteiger partial charge >= 0.3 is 0 Å². The Labute approximate surface area is 198 Å². The molecule has 0 aliphatic heterocycles. The molecule has 0 bridgehead atoms. The van der Waals surface area contributed by atoms with Gasteiger partial charge in [-0.2, -0.15) is 0 Å². The minimum absolute atomic E-state index is 0.177. The first-order valence-electron chi connectivity index (χ1n) is 10.5. The molecule has 1 aliphatic rings. The molecule has 2 N–H and O–H groups in total. The maximum atomic E-state index is 12.9. The van der Waals surface area contributed by atoms with Crippen LogP contribution in [-0.2, 0) is 34.1 Å². The van der Waals surface area contributed by atoms with Crippen molar-refractivity contribution in [2.45, 2.75) is 31.4 Å². The normalized spacial score (nSPS) is 18.0. The number of halogens is 1. The van der Waals surface area contributed by atoms with E-state index in [0.29, 0.717) is 30.0 Å². The van der Waals surface area contributed by atoms with Crippen molar-refractivity contribution < 1.29 is 17.2 Å². The molecule has 0 saturated carbocycles. The molecule has 7 nitrogen and oxygen atoms in total. The first-order chi connectivity index (χ1) is 15.1. The van der Waals surface area contributed by atoms with Crippen molar-refractivity contribution in [3.63, 3.8) is 0 Å². The molecule has 1 aliphatic carbocycles. The van der Waals surface area contributed by atoms with Crippen LogP contribution < -0.4 is 13.9 Å². The Morgan fingerprint density at radius 3 is 2.44 bits per heavy atom. The van der Waals surface area contributed by atoms with Crippen LogP contribution in [0.5, 0.6) is 0 Å². The fourth-order valence-corrected chi connectivity index (χ4v) is 6.31. The van der Waals surface area contributed by atoms with Crippen LogP contribution in [0.3, 0.4) is 0 Å². The Kier molecular flexibility index (Phi) is 8.21. The van der Waals surface area contributed by atoms with Crippen LogP contribution in [0.4, 0.5) is 11.4 Å². The van der Waals surface area contributed by atoms with E-state index < -0.39 is 26.5 Å². The van der Waals surface area contributed by atoms with Crippen LogP contribution in [0.1, 0.15) is 24.5 Å². The van der Waals surface area contributed by atoms with Crippen molar-refractivity contribution in [1.29, 1.82) is 0 Å². The Balaban J connectivity index is 1.60. The van der Waals surface area contributed by atoms with E-state index in [4.69, 9.17) is 11.6 Å². The fourth-order valence-electron chi connectivity index (χ4n) is 3.86. The van der Waals surface area contributed by atoms with Crippen LogP contribution >= 0.6 is 11.6 Å². The second-order valence-corrected chi connectivity index (χ2v) is 11.9. The molecule has 2 unspecified atom stereocenters. The summed E-state index contributed by atoms with van der Waals surface area (Å²) in [4.78, 5) is 1.94. The lowest BCUT2D eigenvalue weighted by molar-refractivity contribution is 0.516. The summed E-state index contributed by atoms with van der Waals surface area (Å²) in [6, 6.07) is 12.9. The molecule has 0 spiro atoms. The van der Waals surface area contributed by atoms with Gasteiger partial charge in [-0.05, 0) is 72.7 Å². The van der Waals surface area contributed by atoms with Crippen molar-refractivity contribution in [1.82, 2.24) is 4.72 Å². The minimum atomic E-state index is -3.51. The van der Waals surface area contributed by atoms with Crippen molar-refractivity contribution in [2.24, 2.45) is 5.92 Å². The molecule has 3 atom stereocenters. The lowest BCUT2D eigenvalue weighted by Gasteiger charge is -2.27. The van der Waals surface area contributed by atoms with E-state index in [2.05, 4.69) is 4.72 Å². The molecule has 0 radical (unpaired) electrons. The molecular formula is C22H30ClN3O4S2. The van der Waals surface area contributed by atoms with E-state index >= 15 is 0 Å². The largest absolute Gasteiger partial charge is 0.378 e. The van der Waals surface area contributed by atoms with E-state index in [0.717, 1.165) is 16.8 Å². The zero-order chi connectivity index (χ0) is 23.5. The first-order valence-corrected chi connectivity index (χ1v) is 13.5. The molecule has 3 rings (SSSR count). The third-order valence-corrected chi connectivity index (χ3v) is 8.56. The van der Waals surface area contributed by atoms with Gasteiger partial charge in [-0.3, -0.25) is 8.86 Å². The number of nitrogens with zero attached hydrogens (tertiary/aromatic N) is 2. The molecule has 0 fully saturated rings. The predicted octanol–water partition coefficient (Wildman–Crippen LogP) is 3.46. The van der Waals surface area contributed by atoms with Gasteiger partial charge in [-0.25, -0.2) is 17.3 Å².